The Kier molecular flexibility index (Phi) is 4.40. The molecule has 4 N–H and O–H groups in total. The summed E-state index contributed by atoms with van der Waals surface area (Å²) >= 11 is 0. The summed E-state index contributed by atoms with van der Waals surface area (Å²) in [7, 11) is 0. The van der Waals surface area contributed by atoms with Gasteiger partial charge in [0.1, 0.15) is 0 Å². The van der Waals surface area contributed by atoms with Gasteiger partial charge >= 0.3 is 0 Å². The van der Waals surface area contributed by atoms with Gasteiger partial charge in [-0.05, 0) is 58.5 Å². The molecule has 2 nitrogen and oxygen atoms in total. The first-order valence-electron chi connectivity index (χ1n) is 9.41. The number of hydrogen-bond donors (Lipinski definition) is 2. The van der Waals surface area contributed by atoms with Gasteiger partial charge in [-0.3, -0.25) is 0 Å². The number of allylic oxidation sites excluding steroid dienone is 5. The van der Waals surface area contributed by atoms with Crippen molar-refractivity contribution in [1.29, 1.82) is 0 Å². The van der Waals surface area contributed by atoms with Gasteiger partial charge < -0.3 is 11.5 Å². The molecule has 28 heavy (non-hydrogen) atoms. The molecule has 4 rings (SSSR count). The van der Waals surface area contributed by atoms with E-state index in [0.717, 1.165) is 22.5 Å². The molecule has 0 heterocycles. The molecule has 0 radical (unpaired) electrons. The minimum Gasteiger partial charge on any atom is -0.402 e. The highest BCUT2D eigenvalue weighted by atomic mass is 14.6. The molecule has 0 atom stereocenters. The Morgan fingerprint density at radius 2 is 1.36 bits per heavy atom. The van der Waals surface area contributed by atoms with E-state index in [1.165, 1.54) is 22.3 Å². The Hall–Kier alpha value is -3.52. The molecule has 0 bridgehead atoms. The van der Waals surface area contributed by atoms with Crippen molar-refractivity contribution in [1.82, 2.24) is 0 Å². The van der Waals surface area contributed by atoms with Crippen LogP contribution in [0.25, 0.3) is 11.1 Å². The molecule has 0 aliphatic heterocycles. The van der Waals surface area contributed by atoms with Gasteiger partial charge in [0, 0.05) is 11.4 Å². The van der Waals surface area contributed by atoms with Gasteiger partial charge in [-0.2, -0.15) is 0 Å². The quantitative estimate of drug-likeness (QED) is 0.470. The van der Waals surface area contributed by atoms with E-state index in [4.69, 9.17) is 11.5 Å². The van der Waals surface area contributed by atoms with E-state index in [1.54, 1.807) is 0 Å². The zero-order valence-corrected chi connectivity index (χ0v) is 16.0. The lowest BCUT2D eigenvalue weighted by atomic mass is 9.67. The summed E-state index contributed by atoms with van der Waals surface area (Å²) in [6.07, 6.45) is 5.96. The third-order valence-corrected chi connectivity index (χ3v) is 5.47. The Bertz CT molecular complexity index is 1050. The first kappa shape index (κ1) is 17.9. The zero-order chi connectivity index (χ0) is 19.7. The summed E-state index contributed by atoms with van der Waals surface area (Å²) in [6.45, 7) is 6.05. The van der Waals surface area contributed by atoms with Crippen molar-refractivity contribution < 1.29 is 0 Å². The largest absolute Gasteiger partial charge is 0.402 e. The number of nitrogens with two attached hydrogens (primary N) is 2. The minimum absolute atomic E-state index is 0.464. The fraction of sp³-hybridized carbons (Fsp3) is 0.0769. The third kappa shape index (κ3) is 2.57. The van der Waals surface area contributed by atoms with Crippen molar-refractivity contribution in [2.24, 2.45) is 5.73 Å². The van der Waals surface area contributed by atoms with Crippen LogP contribution < -0.4 is 11.5 Å². The van der Waals surface area contributed by atoms with Gasteiger partial charge in [-0.15, -0.1) is 0 Å². The van der Waals surface area contributed by atoms with Gasteiger partial charge in [-0.1, -0.05) is 79.4 Å². The lowest BCUT2D eigenvalue weighted by molar-refractivity contribution is 0.767. The average Bonchev–Trinajstić information content (AvgIpc) is 3.01. The summed E-state index contributed by atoms with van der Waals surface area (Å²) in [4.78, 5) is 0. The molecule has 3 aromatic rings. The van der Waals surface area contributed by atoms with Gasteiger partial charge in [0.2, 0.25) is 0 Å². The number of benzene rings is 3. The maximum Gasteiger partial charge on any atom is 0.0713 e. The molecule has 1 aliphatic rings. The number of anilines is 1. The number of hydrogen-bond acceptors (Lipinski definition) is 2. The lowest BCUT2D eigenvalue weighted by Crippen LogP contribution is -2.29. The van der Waals surface area contributed by atoms with Crippen molar-refractivity contribution in [2.45, 2.75) is 12.3 Å². The van der Waals surface area contributed by atoms with Crippen molar-refractivity contribution in [3.05, 3.63) is 126 Å². The Balaban J connectivity index is 2.16. The van der Waals surface area contributed by atoms with Crippen molar-refractivity contribution in [2.75, 3.05) is 5.73 Å². The van der Waals surface area contributed by atoms with E-state index in [0.29, 0.717) is 0 Å². The molecule has 138 valence electrons. The van der Waals surface area contributed by atoms with Crippen LogP contribution in [-0.2, 0) is 5.41 Å². The number of fused-ring (bicyclic) bond motifs is 3. The summed E-state index contributed by atoms with van der Waals surface area (Å²) in [6, 6.07) is 25.3. The maximum atomic E-state index is 6.00. The molecule has 0 spiro atoms. The lowest BCUT2D eigenvalue weighted by Gasteiger charge is -2.34. The second-order valence-corrected chi connectivity index (χ2v) is 7.20. The molecule has 0 saturated heterocycles. The predicted molar refractivity (Wildman–Crippen MR) is 119 cm³/mol. The van der Waals surface area contributed by atoms with Crippen molar-refractivity contribution in [3.63, 3.8) is 0 Å². The molecule has 0 saturated carbocycles. The number of nitrogen functional groups attached to an aromatic ring is 1. The maximum absolute atomic E-state index is 6.00. The van der Waals surface area contributed by atoms with Crippen LogP contribution in [-0.4, -0.2) is 0 Å². The topological polar surface area (TPSA) is 52.0 Å². The van der Waals surface area contributed by atoms with E-state index >= 15 is 0 Å². The predicted octanol–water partition coefficient (Wildman–Crippen LogP) is 5.56. The van der Waals surface area contributed by atoms with E-state index in [2.05, 4.69) is 73.3 Å². The SMILES string of the molecule is C=C/C(=C\C=C(/C)N)C1(c2ccc(N)cc2)c2ccccc2-c2ccccc21. The first-order valence-corrected chi connectivity index (χ1v) is 9.41. The van der Waals surface area contributed by atoms with Gasteiger partial charge in [0.05, 0.1) is 5.41 Å². The van der Waals surface area contributed by atoms with E-state index in [9.17, 15) is 0 Å². The molecule has 1 aliphatic carbocycles. The van der Waals surface area contributed by atoms with Crippen LogP contribution in [0.1, 0.15) is 23.6 Å². The fourth-order valence-corrected chi connectivity index (χ4v) is 4.32. The van der Waals surface area contributed by atoms with E-state index in [-0.39, 0.29) is 0 Å². The van der Waals surface area contributed by atoms with E-state index < -0.39 is 5.41 Å². The Morgan fingerprint density at radius 3 is 1.86 bits per heavy atom. The monoisotopic (exact) mass is 364 g/mol. The molecule has 0 unspecified atom stereocenters. The third-order valence-electron chi connectivity index (χ3n) is 5.47. The van der Waals surface area contributed by atoms with Crippen LogP contribution >= 0.6 is 0 Å². The van der Waals surface area contributed by atoms with E-state index in [1.807, 2.05) is 31.2 Å². The Labute approximate surface area is 166 Å². The summed E-state index contributed by atoms with van der Waals surface area (Å²) in [5.41, 5.74) is 20.2. The summed E-state index contributed by atoms with van der Waals surface area (Å²) in [5.74, 6) is 0. The summed E-state index contributed by atoms with van der Waals surface area (Å²) in [5, 5.41) is 0. The van der Waals surface area contributed by atoms with Crippen molar-refractivity contribution in [3.8, 4) is 11.1 Å². The van der Waals surface area contributed by atoms with Crippen LogP contribution in [0.15, 0.2) is 109 Å². The highest BCUT2D eigenvalue weighted by molar-refractivity contribution is 5.86. The molecule has 3 aromatic carbocycles. The van der Waals surface area contributed by atoms with Crippen LogP contribution in [0, 0.1) is 0 Å². The second kappa shape index (κ2) is 6.90. The second-order valence-electron chi connectivity index (χ2n) is 7.20. The van der Waals surface area contributed by atoms with Crippen LogP contribution in [0.2, 0.25) is 0 Å². The van der Waals surface area contributed by atoms with Crippen LogP contribution in [0.4, 0.5) is 5.69 Å². The standard InChI is InChI=1S/C26H24N2/c1-3-19(13-12-18(2)27)26(20-14-16-21(28)17-15-20)24-10-6-4-8-22(24)23-9-5-7-11-25(23)26/h3-17H,1,27-28H2,2H3/b18-12+,19-13+. The summed E-state index contributed by atoms with van der Waals surface area (Å²) < 4.78 is 0. The highest BCUT2D eigenvalue weighted by Gasteiger charge is 2.46. The van der Waals surface area contributed by atoms with Crippen LogP contribution in [0.3, 0.4) is 0 Å². The average molecular weight is 364 g/mol. The van der Waals surface area contributed by atoms with Gasteiger partial charge in [-0.25, -0.2) is 0 Å². The van der Waals surface area contributed by atoms with Crippen molar-refractivity contribution >= 4 is 5.69 Å². The smallest absolute Gasteiger partial charge is 0.0713 e. The van der Waals surface area contributed by atoms with Crippen LogP contribution in [0.5, 0.6) is 0 Å². The molecular formula is C26H24N2. The van der Waals surface area contributed by atoms with Gasteiger partial charge in [0.25, 0.3) is 0 Å². The first-order chi connectivity index (χ1) is 13.6. The molecule has 0 aromatic heterocycles. The fourth-order valence-electron chi connectivity index (χ4n) is 4.32. The molecule has 0 fully saturated rings. The number of rotatable bonds is 4. The molecule has 0 amide bonds. The highest BCUT2D eigenvalue weighted by Crippen LogP contribution is 2.56. The minimum atomic E-state index is -0.464. The molecule has 2 heteroatoms. The van der Waals surface area contributed by atoms with Gasteiger partial charge in [0.15, 0.2) is 0 Å². The zero-order valence-electron chi connectivity index (χ0n) is 16.0. The molecular weight excluding hydrogens is 340 g/mol. The normalized spacial score (nSPS) is 15.0. The Morgan fingerprint density at radius 1 is 0.821 bits per heavy atom.